The molecule has 6 nitrogen and oxygen atoms in total. The highest BCUT2D eigenvalue weighted by atomic mass is 16.2. The predicted octanol–water partition coefficient (Wildman–Crippen LogP) is 2.24. The lowest BCUT2D eigenvalue weighted by Gasteiger charge is -2.31. The van der Waals surface area contributed by atoms with Crippen LogP contribution in [0.1, 0.15) is 45.4 Å². The summed E-state index contributed by atoms with van der Waals surface area (Å²) in [6, 6.07) is 7.98. The molecule has 0 spiro atoms. The van der Waals surface area contributed by atoms with Crippen molar-refractivity contribution in [3.05, 3.63) is 34.7 Å². The van der Waals surface area contributed by atoms with Gasteiger partial charge in [-0.1, -0.05) is 31.9 Å². The van der Waals surface area contributed by atoms with Crippen LogP contribution in [-0.4, -0.2) is 27.6 Å². The van der Waals surface area contributed by atoms with Crippen LogP contribution >= 0.6 is 0 Å². The molecule has 142 valence electrons. The van der Waals surface area contributed by atoms with Crippen LogP contribution in [-0.2, 0) is 17.9 Å². The topological polar surface area (TPSA) is 82.0 Å². The molecule has 0 saturated heterocycles. The predicted molar refractivity (Wildman–Crippen MR) is 104 cm³/mol. The van der Waals surface area contributed by atoms with Gasteiger partial charge in [0.2, 0.25) is 5.91 Å². The van der Waals surface area contributed by atoms with Crippen LogP contribution in [0.15, 0.2) is 29.1 Å². The Morgan fingerprint density at radius 3 is 2.46 bits per heavy atom. The van der Waals surface area contributed by atoms with Crippen molar-refractivity contribution < 1.29 is 4.79 Å². The van der Waals surface area contributed by atoms with Crippen molar-refractivity contribution in [1.29, 1.82) is 0 Å². The maximum absolute atomic E-state index is 12.8. The Morgan fingerprint density at radius 1 is 1.15 bits per heavy atom. The Morgan fingerprint density at radius 2 is 1.81 bits per heavy atom. The Hall–Kier alpha value is -2.08. The molecule has 0 radical (unpaired) electrons. The smallest absolute Gasteiger partial charge is 0.329 e. The number of hydrogen-bond donors (Lipinski definition) is 2. The highest BCUT2D eigenvalue weighted by Gasteiger charge is 2.25. The highest BCUT2D eigenvalue weighted by molar-refractivity contribution is 5.78. The zero-order valence-electron chi connectivity index (χ0n) is 15.6. The third-order valence-corrected chi connectivity index (χ3v) is 5.49. The summed E-state index contributed by atoms with van der Waals surface area (Å²) in [5.41, 5.74) is 7.66. The number of aryl methyl sites for hydroxylation is 2. The largest absolute Gasteiger partial charge is 0.353 e. The summed E-state index contributed by atoms with van der Waals surface area (Å²) in [6.07, 6.45) is 5.64. The molecule has 26 heavy (non-hydrogen) atoms. The number of benzene rings is 1. The second-order valence-electron chi connectivity index (χ2n) is 7.28. The number of aromatic nitrogens is 2. The molecular formula is C20H30N4O2. The lowest BCUT2D eigenvalue weighted by atomic mass is 9.84. The first-order valence-corrected chi connectivity index (χ1v) is 9.83. The molecule has 2 unspecified atom stereocenters. The molecule has 0 bridgehead atoms. The van der Waals surface area contributed by atoms with Crippen LogP contribution < -0.4 is 16.7 Å². The van der Waals surface area contributed by atoms with E-state index in [-0.39, 0.29) is 17.6 Å². The van der Waals surface area contributed by atoms with Gasteiger partial charge in [-0.3, -0.25) is 13.9 Å². The summed E-state index contributed by atoms with van der Waals surface area (Å²) in [5, 5.41) is 3.15. The van der Waals surface area contributed by atoms with Crippen molar-refractivity contribution in [2.45, 2.75) is 64.6 Å². The molecule has 3 rings (SSSR count). The van der Waals surface area contributed by atoms with Crippen LogP contribution in [0.3, 0.4) is 0 Å². The van der Waals surface area contributed by atoms with Crippen LogP contribution in [0.5, 0.6) is 0 Å². The van der Waals surface area contributed by atoms with Crippen LogP contribution in [0, 0.1) is 5.92 Å². The zero-order chi connectivity index (χ0) is 18.5. The van der Waals surface area contributed by atoms with Crippen molar-refractivity contribution in [2.75, 3.05) is 6.54 Å². The summed E-state index contributed by atoms with van der Waals surface area (Å²) < 4.78 is 3.53. The van der Waals surface area contributed by atoms with Gasteiger partial charge in [0, 0.05) is 25.6 Å². The van der Waals surface area contributed by atoms with E-state index in [0.717, 1.165) is 36.7 Å². The fourth-order valence-electron chi connectivity index (χ4n) is 4.10. The van der Waals surface area contributed by atoms with Gasteiger partial charge in [-0.15, -0.1) is 0 Å². The van der Waals surface area contributed by atoms with Gasteiger partial charge in [0.05, 0.1) is 11.0 Å². The monoisotopic (exact) mass is 358 g/mol. The van der Waals surface area contributed by atoms with Crippen molar-refractivity contribution in [3.63, 3.8) is 0 Å². The van der Waals surface area contributed by atoms with E-state index in [4.69, 9.17) is 5.73 Å². The fourth-order valence-corrected chi connectivity index (χ4v) is 4.10. The number of nitrogens with one attached hydrogen (secondary N) is 1. The first kappa shape index (κ1) is 18.7. The molecule has 0 aliphatic heterocycles. The molecule has 1 saturated carbocycles. The fraction of sp³-hybridized carbons (Fsp3) is 0.600. The van der Waals surface area contributed by atoms with Gasteiger partial charge in [0.15, 0.2) is 0 Å². The number of nitrogens with two attached hydrogens (primary N) is 1. The normalized spacial score (nSPS) is 20.4. The summed E-state index contributed by atoms with van der Waals surface area (Å²) in [6.45, 7) is 3.78. The highest BCUT2D eigenvalue weighted by Crippen LogP contribution is 2.23. The van der Waals surface area contributed by atoms with E-state index < -0.39 is 0 Å². The van der Waals surface area contributed by atoms with Gasteiger partial charge in [-0.2, -0.15) is 0 Å². The maximum atomic E-state index is 12.8. The van der Waals surface area contributed by atoms with Crippen LogP contribution in [0.25, 0.3) is 11.0 Å². The Balaban J connectivity index is 1.70. The molecule has 1 aliphatic carbocycles. The average molecular weight is 358 g/mol. The van der Waals surface area contributed by atoms with Gasteiger partial charge < -0.3 is 11.1 Å². The van der Waals surface area contributed by atoms with Crippen LogP contribution in [0.2, 0.25) is 0 Å². The number of carbonyl (C=O) groups is 1. The number of para-hydroxylation sites is 2. The van der Waals surface area contributed by atoms with E-state index >= 15 is 0 Å². The molecule has 6 heteroatoms. The number of fused-ring (bicyclic) bond motifs is 1. The van der Waals surface area contributed by atoms with E-state index in [0.29, 0.717) is 32.0 Å². The first-order valence-electron chi connectivity index (χ1n) is 9.83. The number of rotatable bonds is 7. The minimum absolute atomic E-state index is 0.00886. The molecule has 2 atom stereocenters. The summed E-state index contributed by atoms with van der Waals surface area (Å²) in [7, 11) is 0. The van der Waals surface area contributed by atoms with E-state index in [1.165, 1.54) is 6.42 Å². The number of nitrogens with zero attached hydrogens (tertiary/aromatic N) is 2. The Kier molecular flexibility index (Phi) is 6.14. The SMILES string of the molecule is CCCn1c(=O)n(CCC(=O)NC2CCCCC2CN)c2ccccc21. The van der Waals surface area contributed by atoms with Gasteiger partial charge in [-0.25, -0.2) is 4.79 Å². The van der Waals surface area contributed by atoms with Crippen molar-refractivity contribution >= 4 is 16.9 Å². The molecule has 2 aromatic rings. The lowest BCUT2D eigenvalue weighted by Crippen LogP contribution is -2.45. The van der Waals surface area contributed by atoms with Gasteiger partial charge in [0.1, 0.15) is 0 Å². The van der Waals surface area contributed by atoms with Crippen molar-refractivity contribution in [1.82, 2.24) is 14.5 Å². The summed E-state index contributed by atoms with van der Waals surface area (Å²) in [5.74, 6) is 0.386. The molecule has 1 amide bonds. The van der Waals surface area contributed by atoms with Crippen molar-refractivity contribution in [2.24, 2.45) is 11.7 Å². The number of carbonyl (C=O) groups excluding carboxylic acids is 1. The standard InChI is InChI=1S/C20H30N4O2/c1-2-12-23-17-9-5-6-10-18(17)24(20(23)26)13-11-19(25)22-16-8-4-3-7-15(16)14-21/h5-6,9-10,15-16H,2-4,7-8,11-14,21H2,1H3,(H,22,25). The summed E-state index contributed by atoms with van der Waals surface area (Å²) >= 11 is 0. The van der Waals surface area contributed by atoms with Gasteiger partial charge in [0.25, 0.3) is 0 Å². The van der Waals surface area contributed by atoms with E-state index in [1.54, 1.807) is 9.13 Å². The number of amides is 1. The third-order valence-electron chi connectivity index (χ3n) is 5.49. The molecular weight excluding hydrogens is 328 g/mol. The first-order chi connectivity index (χ1) is 12.7. The second kappa shape index (κ2) is 8.54. The molecule has 1 aromatic carbocycles. The minimum Gasteiger partial charge on any atom is -0.353 e. The number of hydrogen-bond acceptors (Lipinski definition) is 3. The molecule has 1 aromatic heterocycles. The molecule has 1 heterocycles. The maximum Gasteiger partial charge on any atom is 0.329 e. The molecule has 1 aliphatic rings. The Bertz CT molecular complexity index is 808. The van der Waals surface area contributed by atoms with E-state index in [9.17, 15) is 9.59 Å². The quantitative estimate of drug-likeness (QED) is 0.796. The third kappa shape index (κ3) is 3.85. The van der Waals surface area contributed by atoms with Gasteiger partial charge >= 0.3 is 5.69 Å². The van der Waals surface area contributed by atoms with Crippen LogP contribution in [0.4, 0.5) is 0 Å². The molecule has 1 fully saturated rings. The van der Waals surface area contributed by atoms with E-state index in [2.05, 4.69) is 12.2 Å². The zero-order valence-corrected chi connectivity index (χ0v) is 15.6. The average Bonchev–Trinajstić information content (AvgIpc) is 2.92. The van der Waals surface area contributed by atoms with Gasteiger partial charge in [-0.05, 0) is 43.9 Å². The Labute approximate surface area is 154 Å². The molecule has 3 N–H and O–H groups in total. The lowest BCUT2D eigenvalue weighted by molar-refractivity contribution is -0.122. The van der Waals surface area contributed by atoms with E-state index in [1.807, 2.05) is 24.3 Å². The number of imidazole rings is 1. The van der Waals surface area contributed by atoms with Crippen molar-refractivity contribution in [3.8, 4) is 0 Å². The summed E-state index contributed by atoms with van der Waals surface area (Å²) in [4.78, 5) is 25.2. The minimum atomic E-state index is -0.0293. The second-order valence-corrected chi connectivity index (χ2v) is 7.28.